The van der Waals surface area contributed by atoms with E-state index in [1.54, 1.807) is 4.68 Å². The second-order valence-electron chi connectivity index (χ2n) is 23.8. The van der Waals surface area contributed by atoms with Gasteiger partial charge in [-0.05, 0) is 97.7 Å². The van der Waals surface area contributed by atoms with Crippen molar-refractivity contribution >= 4 is 43.6 Å². The summed E-state index contributed by atoms with van der Waals surface area (Å²) < 4.78 is 60.3. The van der Waals surface area contributed by atoms with Crippen LogP contribution < -0.4 is 9.42 Å². The molecule has 9 aromatic carbocycles. The summed E-state index contributed by atoms with van der Waals surface area (Å²) in [4.78, 5) is 5.05. The van der Waals surface area contributed by atoms with Crippen LogP contribution in [0.15, 0.2) is 224 Å². The standard InChI is InChI=1S/C73H64N6O/c1-71(2,3)51-38-39-74-67(43-51)79-64-37-21-18-32-61(64)68-65(78-62-35-19-16-30-59(62)60-31-17-20-36-63(60)78)45-56(46-66(68)79)80-55-29-22-28-54(44-55)76-47-77(75-70(76)49-26-14-11-15-27-49)69-57(48-24-12-10-13-25-48)33-23-34-58(69)50-40-52(72(4,5)6)42-53(41-50)73(7,8)9/h10-46H,1-9H3/i10D,12D,13D,24D,25D. The third kappa shape index (κ3) is 8.93. The molecular weight excluding hydrogens is 977 g/mol. The van der Waals surface area contributed by atoms with Gasteiger partial charge in [0.25, 0.3) is 6.33 Å². The predicted molar refractivity (Wildman–Crippen MR) is 329 cm³/mol. The Kier molecular flexibility index (Phi) is 10.7. The van der Waals surface area contributed by atoms with Crippen molar-refractivity contribution in [3.05, 3.63) is 247 Å². The van der Waals surface area contributed by atoms with E-state index in [0.29, 0.717) is 34.3 Å². The molecule has 0 radical (unpaired) electrons. The number of rotatable bonds is 9. The summed E-state index contributed by atoms with van der Waals surface area (Å²) in [6.45, 7) is 19.9. The third-order valence-electron chi connectivity index (χ3n) is 15.3. The predicted octanol–water partition coefficient (Wildman–Crippen LogP) is 18.2. The van der Waals surface area contributed by atoms with Gasteiger partial charge in [0.15, 0.2) is 5.82 Å². The molecule has 13 rings (SSSR count). The maximum Gasteiger partial charge on any atom is 0.273 e. The molecule has 0 fully saturated rings. The zero-order chi connectivity index (χ0) is 59.4. The second kappa shape index (κ2) is 19.2. The maximum absolute atomic E-state index is 9.32. The fourth-order valence-electron chi connectivity index (χ4n) is 11.1. The van der Waals surface area contributed by atoms with Gasteiger partial charge in [-0.25, -0.2) is 4.98 Å². The lowest BCUT2D eigenvalue weighted by Crippen LogP contribution is -2.34. The molecule has 0 saturated carbocycles. The van der Waals surface area contributed by atoms with Crippen LogP contribution in [-0.4, -0.2) is 23.8 Å². The normalized spacial score (nSPS) is 13.2. The number of para-hydroxylation sites is 4. The lowest BCUT2D eigenvalue weighted by atomic mass is 9.78. The van der Waals surface area contributed by atoms with Gasteiger partial charge in [-0.3, -0.25) is 9.13 Å². The third-order valence-corrected chi connectivity index (χ3v) is 15.3. The SMILES string of the molecule is [2H]c1c([2H])c([2H])c(-c2cccc(-c3cc(C(C)(C)C)cc(C(C)(C)C)c3)c2-[n+]2[c-]n(-c3cccc(Oc4cc(-n5c6ccccc6c6ccccc65)c5c6ccccc6n(-c6cc(C(C)(C)C)ccn6)c5c4)c3)c(-c3ccccc3)n2)c([2H])c1[2H]. The molecule has 7 nitrogen and oxygen atoms in total. The Morgan fingerprint density at radius 2 is 1.06 bits per heavy atom. The number of nitrogens with zero attached hydrogens (tertiary/aromatic N) is 6. The lowest BCUT2D eigenvalue weighted by Gasteiger charge is -2.27. The Hall–Kier alpha value is -9.33. The van der Waals surface area contributed by atoms with E-state index in [2.05, 4.69) is 193 Å². The first-order valence-electron chi connectivity index (χ1n) is 29.8. The Bertz CT molecular complexity index is 4710. The summed E-state index contributed by atoms with van der Waals surface area (Å²) in [5.41, 5.74) is 12.0. The first-order valence-corrected chi connectivity index (χ1v) is 27.3. The fourth-order valence-corrected chi connectivity index (χ4v) is 11.1. The molecule has 0 spiro atoms. The molecule has 7 heteroatoms. The molecule has 392 valence electrons. The van der Waals surface area contributed by atoms with E-state index in [9.17, 15) is 2.74 Å². The number of ether oxygens (including phenoxy) is 1. The van der Waals surface area contributed by atoms with E-state index < -0.39 is 18.1 Å². The first kappa shape index (κ1) is 44.6. The van der Waals surface area contributed by atoms with Gasteiger partial charge in [-0.2, -0.15) is 4.68 Å². The zero-order valence-corrected chi connectivity index (χ0v) is 46.6. The number of aromatic nitrogens is 6. The van der Waals surface area contributed by atoms with Crippen LogP contribution in [0.4, 0.5) is 0 Å². The van der Waals surface area contributed by atoms with Gasteiger partial charge in [0, 0.05) is 45.4 Å². The van der Waals surface area contributed by atoms with E-state index in [1.165, 1.54) is 5.56 Å². The highest BCUT2D eigenvalue weighted by Gasteiger charge is 2.27. The molecule has 0 atom stereocenters. The van der Waals surface area contributed by atoms with Crippen LogP contribution in [0.5, 0.6) is 11.5 Å². The Morgan fingerprint density at radius 3 is 1.71 bits per heavy atom. The molecule has 0 bridgehead atoms. The summed E-state index contributed by atoms with van der Waals surface area (Å²) in [5.74, 6) is 2.51. The highest BCUT2D eigenvalue weighted by atomic mass is 16.5. The Labute approximate surface area is 475 Å². The van der Waals surface area contributed by atoms with Crippen molar-refractivity contribution < 1.29 is 16.3 Å². The number of benzene rings is 9. The van der Waals surface area contributed by atoms with Crippen LogP contribution in [0, 0.1) is 6.33 Å². The summed E-state index contributed by atoms with van der Waals surface area (Å²) in [6.07, 6.45) is 5.54. The summed E-state index contributed by atoms with van der Waals surface area (Å²) in [6, 6.07) is 62.4. The van der Waals surface area contributed by atoms with E-state index in [1.807, 2.05) is 83.6 Å². The van der Waals surface area contributed by atoms with Crippen molar-refractivity contribution in [3.8, 4) is 68.0 Å². The minimum Gasteiger partial charge on any atom is -0.458 e. The largest absolute Gasteiger partial charge is 0.458 e. The summed E-state index contributed by atoms with van der Waals surface area (Å²) >= 11 is 0. The lowest BCUT2D eigenvalue weighted by molar-refractivity contribution is -0.659. The van der Waals surface area contributed by atoms with Gasteiger partial charge in [0.05, 0.1) is 46.0 Å². The smallest absolute Gasteiger partial charge is 0.273 e. The van der Waals surface area contributed by atoms with Gasteiger partial charge >= 0.3 is 0 Å². The van der Waals surface area contributed by atoms with E-state index >= 15 is 0 Å². The van der Waals surface area contributed by atoms with E-state index in [-0.39, 0.29) is 33.9 Å². The van der Waals surface area contributed by atoms with Gasteiger partial charge < -0.3 is 9.30 Å². The second-order valence-corrected chi connectivity index (χ2v) is 23.8. The molecule has 4 aromatic heterocycles. The number of fused-ring (bicyclic) bond motifs is 6. The minimum atomic E-state index is -0.464. The highest BCUT2D eigenvalue weighted by molar-refractivity contribution is 6.16. The molecule has 0 aliphatic heterocycles. The van der Waals surface area contributed by atoms with Gasteiger partial charge in [0.1, 0.15) is 17.3 Å². The van der Waals surface area contributed by atoms with Crippen LogP contribution in [0.3, 0.4) is 0 Å². The zero-order valence-electron chi connectivity index (χ0n) is 51.6. The first-order chi connectivity index (χ1) is 40.6. The average Bonchev–Trinajstić information content (AvgIpc) is 1.70. The molecule has 0 amide bonds. The Morgan fingerprint density at radius 1 is 0.475 bits per heavy atom. The van der Waals surface area contributed by atoms with Crippen LogP contribution in [0.1, 0.15) is 85.9 Å². The van der Waals surface area contributed by atoms with Crippen LogP contribution in [0.25, 0.3) is 100 Å². The average molecular weight is 1050 g/mol. The molecule has 0 aliphatic rings. The van der Waals surface area contributed by atoms with E-state index in [0.717, 1.165) is 82.9 Å². The molecule has 0 saturated heterocycles. The highest BCUT2D eigenvalue weighted by Crippen LogP contribution is 2.44. The molecule has 80 heavy (non-hydrogen) atoms. The minimum absolute atomic E-state index is 0.0620. The maximum atomic E-state index is 9.32. The number of hydrogen-bond acceptors (Lipinski definition) is 3. The monoisotopic (exact) mass is 1050 g/mol. The summed E-state index contributed by atoms with van der Waals surface area (Å²) in [5, 5.41) is 9.83. The molecule has 0 aliphatic carbocycles. The van der Waals surface area contributed by atoms with Crippen LogP contribution in [0.2, 0.25) is 0 Å². The molecule has 0 N–H and O–H groups in total. The molecule has 0 unspecified atom stereocenters. The number of pyridine rings is 1. The van der Waals surface area contributed by atoms with Crippen molar-refractivity contribution in [2.45, 2.75) is 78.6 Å². The van der Waals surface area contributed by atoms with Crippen molar-refractivity contribution in [2.24, 2.45) is 0 Å². The quantitative estimate of drug-likeness (QED) is 0.107. The van der Waals surface area contributed by atoms with Crippen LogP contribution >= 0.6 is 0 Å². The summed E-state index contributed by atoms with van der Waals surface area (Å²) in [7, 11) is 0. The number of hydrogen-bond donors (Lipinski definition) is 0. The van der Waals surface area contributed by atoms with Crippen molar-refractivity contribution in [3.63, 3.8) is 0 Å². The Balaban J connectivity index is 1.04. The van der Waals surface area contributed by atoms with Gasteiger partial charge in [0.2, 0.25) is 0 Å². The molecule has 13 aromatic rings. The van der Waals surface area contributed by atoms with E-state index in [4.69, 9.17) is 18.9 Å². The molecular formula is C73H64N6O. The van der Waals surface area contributed by atoms with Crippen molar-refractivity contribution in [1.82, 2.24) is 23.8 Å². The van der Waals surface area contributed by atoms with Gasteiger partial charge in [-0.15, -0.1) is 5.10 Å². The van der Waals surface area contributed by atoms with Crippen molar-refractivity contribution in [1.29, 1.82) is 0 Å². The fraction of sp³-hybridized carbons (Fsp3) is 0.164. The van der Waals surface area contributed by atoms with Crippen molar-refractivity contribution in [2.75, 3.05) is 0 Å². The molecule has 4 heterocycles. The topological polar surface area (TPSA) is 53.7 Å². The van der Waals surface area contributed by atoms with Crippen LogP contribution in [-0.2, 0) is 16.2 Å². The van der Waals surface area contributed by atoms with Gasteiger partial charge in [-0.1, -0.05) is 226 Å².